The van der Waals surface area contributed by atoms with E-state index in [2.05, 4.69) is 43.8 Å². The second-order valence-corrected chi connectivity index (χ2v) is 19.6. The highest BCUT2D eigenvalue weighted by molar-refractivity contribution is 7.53. The van der Waals surface area contributed by atoms with Gasteiger partial charge in [0, 0.05) is 12.8 Å². The van der Waals surface area contributed by atoms with Crippen LogP contribution in [0, 0.1) is 0 Å². The van der Waals surface area contributed by atoms with E-state index in [9.17, 15) is 18.7 Å². The number of hydrogen-bond acceptors (Lipinski definition) is 22. The first kappa shape index (κ1) is 50.5. The summed E-state index contributed by atoms with van der Waals surface area (Å²) in [4.78, 5) is 49.7. The van der Waals surface area contributed by atoms with Gasteiger partial charge in [0.05, 0.1) is 25.9 Å². The summed E-state index contributed by atoms with van der Waals surface area (Å²) < 4.78 is 122. The summed E-state index contributed by atoms with van der Waals surface area (Å²) in [7, 11) is -9.75. The molecule has 0 saturated carbocycles. The molecule has 4 aromatic rings. The topological polar surface area (TPSA) is 300 Å². The van der Waals surface area contributed by atoms with Gasteiger partial charge in [0.25, 0.3) is 0 Å². The maximum Gasteiger partial charge on any atom is 0.478 e. The lowest BCUT2D eigenvalue weighted by atomic mass is 10.1. The summed E-state index contributed by atoms with van der Waals surface area (Å²) in [6.07, 6.45) is -1.94. The average molecular weight is 989 g/mol. The van der Waals surface area contributed by atoms with Crippen molar-refractivity contribution in [1.82, 2.24) is 39.0 Å². The Morgan fingerprint density at radius 2 is 1.18 bits per heavy atom. The number of nitrogens with two attached hydrogens (primary N) is 2. The van der Waals surface area contributed by atoms with Crippen LogP contribution in [-0.2, 0) is 65.0 Å². The molecule has 4 aromatic heterocycles. The molecule has 7 rings (SSSR count). The Balaban J connectivity index is 1.17. The van der Waals surface area contributed by atoms with Crippen molar-refractivity contribution in [1.29, 1.82) is 0 Å². The minimum absolute atomic E-state index is 0.000356. The van der Waals surface area contributed by atoms with Crippen LogP contribution in [-0.4, -0.2) is 121 Å². The van der Waals surface area contributed by atoms with Gasteiger partial charge in [-0.3, -0.25) is 36.9 Å². The molecule has 4 N–H and O–H groups in total. The maximum atomic E-state index is 17.0. The van der Waals surface area contributed by atoms with E-state index >= 15 is 8.78 Å². The van der Waals surface area contributed by atoms with Crippen LogP contribution in [0.5, 0.6) is 0 Å². The van der Waals surface area contributed by atoms with E-state index in [0.29, 0.717) is 12.8 Å². The van der Waals surface area contributed by atoms with Crippen molar-refractivity contribution in [3.8, 4) is 0 Å². The summed E-state index contributed by atoms with van der Waals surface area (Å²) >= 11 is 0. The van der Waals surface area contributed by atoms with Crippen LogP contribution in [0.15, 0.2) is 25.3 Å². The van der Waals surface area contributed by atoms with E-state index in [1.807, 2.05) is 0 Å². The number of aromatic nitrogens is 8. The van der Waals surface area contributed by atoms with Gasteiger partial charge in [-0.1, -0.05) is 65.2 Å². The maximum absolute atomic E-state index is 17.0. The van der Waals surface area contributed by atoms with E-state index in [-0.39, 0.29) is 46.8 Å². The fourth-order valence-electron chi connectivity index (χ4n) is 7.65. The van der Waals surface area contributed by atoms with Crippen molar-refractivity contribution in [2.75, 3.05) is 44.6 Å². The van der Waals surface area contributed by atoms with E-state index in [1.165, 1.54) is 21.8 Å². The lowest BCUT2D eigenvalue weighted by Crippen LogP contribution is -2.35. The Labute approximate surface area is 383 Å². The second-order valence-electron chi connectivity index (χ2n) is 16.0. The predicted octanol–water partition coefficient (Wildman–Crippen LogP) is 6.13. The van der Waals surface area contributed by atoms with E-state index in [1.54, 1.807) is 0 Å². The average Bonchev–Trinajstić information content (AvgIpc) is 4.08. The zero-order chi connectivity index (χ0) is 47.6. The number of ether oxygens (including phenoxy) is 5. The minimum Gasteiger partial charge on any atom is -0.438 e. The van der Waals surface area contributed by atoms with Gasteiger partial charge in [-0.15, -0.1) is 0 Å². The number of phosphoric acid groups is 1. The number of carbonyl (C=O) groups excluding carboxylic acids is 2. The van der Waals surface area contributed by atoms with Gasteiger partial charge in [-0.05, 0) is 12.8 Å². The third kappa shape index (κ3) is 12.5. The minimum atomic E-state index is -5.11. The van der Waals surface area contributed by atoms with Crippen molar-refractivity contribution in [3.63, 3.8) is 0 Å². The van der Waals surface area contributed by atoms with Crippen molar-refractivity contribution in [2.24, 2.45) is 0 Å². The number of unbranched alkanes of at least 4 members (excludes halogenated alkanes) is 8. The van der Waals surface area contributed by atoms with Crippen LogP contribution < -0.4 is 11.5 Å². The molecule has 0 aliphatic carbocycles. The summed E-state index contributed by atoms with van der Waals surface area (Å²) in [5, 5.41) is 0. The number of hydrogen-bond donors (Lipinski definition) is 2. The van der Waals surface area contributed by atoms with Crippen LogP contribution in [0.4, 0.5) is 20.4 Å². The van der Waals surface area contributed by atoms with Crippen LogP contribution in [0.2, 0.25) is 0 Å². The number of imidazole rings is 2. The zero-order valence-corrected chi connectivity index (χ0v) is 38.8. The lowest BCUT2D eigenvalue weighted by molar-refractivity contribution is -0.152. The van der Waals surface area contributed by atoms with E-state index in [4.69, 9.17) is 57.8 Å². The Morgan fingerprint density at radius 3 is 1.73 bits per heavy atom. The van der Waals surface area contributed by atoms with Crippen LogP contribution in [0.1, 0.15) is 103 Å². The highest BCUT2D eigenvalue weighted by Gasteiger charge is 2.54. The zero-order valence-electron chi connectivity index (χ0n) is 37.0. The van der Waals surface area contributed by atoms with Crippen molar-refractivity contribution >= 4 is 61.3 Å². The van der Waals surface area contributed by atoms with Gasteiger partial charge in [-0.25, -0.2) is 47.8 Å². The number of fused-ring (bicyclic) bond motifs is 4. The first-order valence-corrected chi connectivity index (χ1v) is 25.4. The highest BCUT2D eigenvalue weighted by Crippen LogP contribution is 2.56. The molecular formula is C39H56F2N10O14P2. The molecule has 0 bridgehead atoms. The number of alkyl halides is 2. The SMILES string of the molecule is CCCCCCCC(=O)OCOP1(=O)CO[C@H]2[C@@H](F)[C@H](n3cnc4c(N)ncnc43)O[C@@H]2COP(=O)(OCOC(=O)CCCCCCC)O[C@@H]2C(CO1)O[C@@H](n1cnc3c(N)ncnc31)[C@@H]2F. The van der Waals surface area contributed by atoms with Gasteiger partial charge in [0.15, 0.2) is 47.7 Å². The van der Waals surface area contributed by atoms with Crippen LogP contribution >= 0.6 is 15.4 Å². The standard InChI is InChI=1S/C39H56F2N10O14P2/c1-3-5-7-9-11-13-26(52)56-21-61-66(54)23-58-32-24(63-38(28(32)40)50-19-48-30-34(42)44-17-46-36(30)50)16-60-67(55,62-22-57-27(53)14-12-10-8-6-4-2)65-33-25(15-59-66)64-39(29(33)41)51-20-49-31-35(43)45-18-47-37(31)51/h17-20,24-25,28-29,32-33,38-39H,3-16,21-23H2,1-2H3,(H2,42,44,46)(H2,43,45,47)/t24-,25?,28-,29-,32-,33-,38-,39-,66?,67?/m1/s1. The normalized spacial score (nSPS) is 29.2. The van der Waals surface area contributed by atoms with Crippen LogP contribution in [0.3, 0.4) is 0 Å². The number of esters is 2. The fourth-order valence-corrected chi connectivity index (χ4v) is 10.1. The summed E-state index contributed by atoms with van der Waals surface area (Å²) in [5.74, 6) is -1.33. The van der Waals surface area contributed by atoms with E-state index < -0.39 is 110 Å². The molecule has 24 nitrogen and oxygen atoms in total. The van der Waals surface area contributed by atoms with Gasteiger partial charge in [0.2, 0.25) is 13.6 Å². The Hall–Kier alpha value is -4.36. The number of carbonyl (C=O) groups is 2. The van der Waals surface area contributed by atoms with Gasteiger partial charge >= 0.3 is 27.4 Å². The second kappa shape index (κ2) is 23.3. The number of rotatable bonds is 20. The fraction of sp³-hybridized carbons (Fsp3) is 0.692. The molecular weight excluding hydrogens is 932 g/mol. The van der Waals surface area contributed by atoms with Gasteiger partial charge < -0.3 is 39.7 Å². The van der Waals surface area contributed by atoms with Crippen molar-refractivity contribution in [3.05, 3.63) is 25.3 Å². The molecule has 0 amide bonds. The first-order valence-electron chi connectivity index (χ1n) is 22.2. The molecule has 0 spiro atoms. The molecule has 67 heavy (non-hydrogen) atoms. The highest BCUT2D eigenvalue weighted by atomic mass is 31.2. The Bertz CT molecular complexity index is 2390. The molecule has 7 heterocycles. The number of anilines is 2. The Kier molecular flexibility index (Phi) is 17.6. The number of nitrogens with zero attached hydrogens (tertiary/aromatic N) is 8. The van der Waals surface area contributed by atoms with Crippen molar-refractivity contribution in [2.45, 2.75) is 140 Å². The number of phosphoric ester groups is 1. The van der Waals surface area contributed by atoms with Crippen LogP contribution in [0.25, 0.3) is 22.3 Å². The molecule has 3 fully saturated rings. The molecule has 3 saturated heterocycles. The quantitative estimate of drug-likeness (QED) is 0.0435. The number of nitrogen functional groups attached to an aromatic ring is 2. The smallest absolute Gasteiger partial charge is 0.438 e. The van der Waals surface area contributed by atoms with Gasteiger partial charge in [-0.2, -0.15) is 0 Å². The summed E-state index contributed by atoms with van der Waals surface area (Å²) in [5.41, 5.74) is 12.3. The summed E-state index contributed by atoms with van der Waals surface area (Å²) in [6.45, 7) is 0.634. The third-order valence-electron chi connectivity index (χ3n) is 11.2. The molecule has 10 atom stereocenters. The third-order valence-corrected chi connectivity index (χ3v) is 14.1. The molecule has 28 heteroatoms. The van der Waals surface area contributed by atoms with Gasteiger partial charge in [0.1, 0.15) is 54.5 Å². The lowest BCUT2D eigenvalue weighted by Gasteiger charge is -2.26. The summed E-state index contributed by atoms with van der Waals surface area (Å²) in [6, 6.07) is 0. The number of halogens is 2. The molecule has 370 valence electrons. The molecule has 3 unspecified atom stereocenters. The molecule has 0 aromatic carbocycles. The van der Waals surface area contributed by atoms with Crippen molar-refractivity contribution < 1.29 is 73.8 Å². The Morgan fingerprint density at radius 1 is 0.687 bits per heavy atom. The van der Waals surface area contributed by atoms with E-state index in [0.717, 1.165) is 64.0 Å². The predicted molar refractivity (Wildman–Crippen MR) is 230 cm³/mol. The monoisotopic (exact) mass is 988 g/mol. The molecule has 3 aliphatic heterocycles. The largest absolute Gasteiger partial charge is 0.478 e. The molecule has 3 aliphatic rings. The first-order chi connectivity index (χ1) is 32.3. The molecule has 0 radical (unpaired) electrons.